The van der Waals surface area contributed by atoms with Crippen LogP contribution in [0.4, 0.5) is 0 Å². The summed E-state index contributed by atoms with van der Waals surface area (Å²) in [6, 6.07) is 11.0. The lowest BCUT2D eigenvalue weighted by Crippen LogP contribution is -2.64. The molecule has 0 amide bonds. The van der Waals surface area contributed by atoms with Crippen molar-refractivity contribution in [2.45, 2.75) is 74.8 Å². The fourth-order valence-electron chi connectivity index (χ4n) is 9.54. The van der Waals surface area contributed by atoms with Gasteiger partial charge in [0.15, 0.2) is 17.6 Å². The van der Waals surface area contributed by atoms with Gasteiger partial charge in [-0.15, -0.1) is 0 Å². The zero-order chi connectivity index (χ0) is 34.4. The third-order valence-corrected chi connectivity index (χ3v) is 11.7. The first-order valence-electron chi connectivity index (χ1n) is 16.7. The fourth-order valence-corrected chi connectivity index (χ4v) is 9.54. The summed E-state index contributed by atoms with van der Waals surface area (Å²) in [4.78, 5) is 29.8. The van der Waals surface area contributed by atoms with E-state index >= 15 is 0 Å². The van der Waals surface area contributed by atoms with Crippen molar-refractivity contribution >= 4 is 22.2 Å². The summed E-state index contributed by atoms with van der Waals surface area (Å²) in [5.74, 6) is 2.21. The smallest absolute Gasteiger partial charge is 0.394 e. The quantitative estimate of drug-likeness (QED) is 0.307. The minimum Gasteiger partial charge on any atom is -0.493 e. The van der Waals surface area contributed by atoms with E-state index in [1.807, 2.05) is 36.4 Å². The second-order valence-electron chi connectivity index (χ2n) is 14.0. The molecule has 48 heavy (non-hydrogen) atoms. The first kappa shape index (κ1) is 34.8. The van der Waals surface area contributed by atoms with Crippen molar-refractivity contribution in [3.05, 3.63) is 71.7 Å². The highest BCUT2D eigenvalue weighted by atomic mass is 32.3. The van der Waals surface area contributed by atoms with Gasteiger partial charge in [0.25, 0.3) is 0 Å². The van der Waals surface area contributed by atoms with Gasteiger partial charge in [0, 0.05) is 35.4 Å². The molecule has 0 aromatic heterocycles. The molecule has 1 spiro atoms. The molecule has 3 N–H and O–H groups in total. The van der Waals surface area contributed by atoms with E-state index in [-0.39, 0.29) is 36.0 Å². The first-order chi connectivity index (χ1) is 22.8. The van der Waals surface area contributed by atoms with E-state index in [4.69, 9.17) is 31.7 Å². The van der Waals surface area contributed by atoms with Crippen molar-refractivity contribution in [1.82, 2.24) is 9.80 Å². The van der Waals surface area contributed by atoms with E-state index in [0.717, 1.165) is 49.3 Å². The summed E-state index contributed by atoms with van der Waals surface area (Å²) in [6.45, 7) is 0.840. The van der Waals surface area contributed by atoms with Crippen LogP contribution in [0.3, 0.4) is 0 Å². The number of esters is 1. The van der Waals surface area contributed by atoms with E-state index < -0.39 is 16.3 Å². The van der Waals surface area contributed by atoms with E-state index in [1.54, 1.807) is 13.2 Å². The Morgan fingerprint density at radius 1 is 1.06 bits per heavy atom. The van der Waals surface area contributed by atoms with Crippen LogP contribution < -0.4 is 0 Å². The number of rotatable bonds is 5. The van der Waals surface area contributed by atoms with Crippen molar-refractivity contribution in [2.75, 3.05) is 34.4 Å². The Kier molecular flexibility index (Phi) is 9.91. The molecule has 4 heterocycles. The molecule has 13 heteroatoms. The van der Waals surface area contributed by atoms with Gasteiger partial charge >= 0.3 is 16.4 Å². The van der Waals surface area contributed by atoms with Gasteiger partial charge in [-0.1, -0.05) is 42.5 Å². The van der Waals surface area contributed by atoms with Crippen LogP contribution in [0.25, 0.3) is 0 Å². The molecule has 1 saturated carbocycles. The number of likely N-dealkylation sites (tertiary alicyclic amines) is 1. The van der Waals surface area contributed by atoms with Gasteiger partial charge in [-0.05, 0) is 82.8 Å². The number of methoxy groups -OCH3 is 1. The monoisotopic (exact) mass is 686 g/mol. The highest BCUT2D eigenvalue weighted by Crippen LogP contribution is 2.66. The van der Waals surface area contributed by atoms with Crippen LogP contribution in [0.15, 0.2) is 66.2 Å². The zero-order valence-electron chi connectivity index (χ0n) is 27.6. The van der Waals surface area contributed by atoms with E-state index in [9.17, 15) is 14.7 Å². The fraction of sp³-hybridized carbons (Fsp3) is 0.600. The molecule has 5 fully saturated rings. The predicted molar refractivity (Wildman–Crippen MR) is 175 cm³/mol. The van der Waals surface area contributed by atoms with Crippen LogP contribution in [-0.4, -0.2) is 109 Å². The number of ketones is 1. The van der Waals surface area contributed by atoms with Gasteiger partial charge in [-0.25, -0.2) is 0 Å². The Balaban J connectivity index is 0.000000147. The standard InChI is InChI=1S/C18H21NO3.C17H23NO3.H2O4S/c1-19-8-7-18-11-4-5-13(20)17(18)22-16-14(21-2)6-3-10(15(16)18)9-12(11)19;1-18-13-7-8-14(18)10-15(9-13)21-17(20)16(11-19)12-5-3-2-4-6-12;1-5(2,3)4/h3-6,10-12,15,17H,7-9H2,1-2H3;2-6,13-16,19H,7-11H2,1H3;(H2,1,2,3,4)/t10?,11-,12+,15?,17-,18-;;/m0../s1. The summed E-state index contributed by atoms with van der Waals surface area (Å²) < 4.78 is 49.1. The maximum Gasteiger partial charge on any atom is 0.394 e. The lowest BCUT2D eigenvalue weighted by atomic mass is 9.48. The number of fused-ring (bicyclic) bond motifs is 2. The van der Waals surface area contributed by atoms with E-state index in [2.05, 4.69) is 36.0 Å². The van der Waals surface area contributed by atoms with Crippen molar-refractivity contribution < 1.29 is 46.4 Å². The average molecular weight is 687 g/mol. The number of piperidine rings is 2. The van der Waals surface area contributed by atoms with E-state index in [0.29, 0.717) is 35.9 Å². The highest BCUT2D eigenvalue weighted by Gasteiger charge is 2.69. The molecule has 5 unspecified atom stereocenters. The normalized spacial score (nSPS) is 36.5. The van der Waals surface area contributed by atoms with Gasteiger partial charge in [0.2, 0.25) is 0 Å². The molecule has 9 atom stereocenters. The first-order valence-corrected chi connectivity index (χ1v) is 18.1. The van der Waals surface area contributed by atoms with Gasteiger partial charge in [0.05, 0.1) is 13.7 Å². The number of aliphatic hydroxyl groups excluding tert-OH is 1. The summed E-state index contributed by atoms with van der Waals surface area (Å²) in [5, 5.41) is 9.53. The molecule has 4 aliphatic heterocycles. The van der Waals surface area contributed by atoms with Gasteiger partial charge in [0.1, 0.15) is 17.8 Å². The van der Waals surface area contributed by atoms with Gasteiger partial charge in [-0.2, -0.15) is 8.42 Å². The number of hydrogen-bond acceptors (Lipinski definition) is 10. The molecule has 4 bridgehead atoms. The van der Waals surface area contributed by atoms with Crippen LogP contribution in [0, 0.1) is 23.2 Å². The molecule has 1 aromatic rings. The minimum absolute atomic E-state index is 0.00367. The summed E-state index contributed by atoms with van der Waals surface area (Å²) in [7, 11) is 1.41. The second-order valence-corrected chi connectivity index (χ2v) is 14.9. The topological polar surface area (TPSA) is 163 Å². The largest absolute Gasteiger partial charge is 0.493 e. The van der Waals surface area contributed by atoms with Crippen molar-refractivity contribution in [2.24, 2.45) is 23.2 Å². The maximum atomic E-state index is 12.6. The minimum atomic E-state index is -4.67. The second kappa shape index (κ2) is 13.7. The van der Waals surface area contributed by atoms with Crippen LogP contribution in [0.2, 0.25) is 0 Å². The number of hydrogen-bond donors (Lipinski definition) is 3. The zero-order valence-corrected chi connectivity index (χ0v) is 28.4. The van der Waals surface area contributed by atoms with Crippen LogP contribution in [0.1, 0.15) is 50.0 Å². The molecule has 0 radical (unpaired) electrons. The molecule has 3 aliphatic carbocycles. The molecule has 8 rings (SSSR count). The summed E-state index contributed by atoms with van der Waals surface area (Å²) >= 11 is 0. The molecule has 4 saturated heterocycles. The SMILES string of the molecule is CN1C2CCC1CC(OC(=O)C(CO)c1ccccc1)C2.COC1=C2O[C@H]3C(=O)C=C[C@H]4[C@H]5CC(C=C1)C2[C@@]34CCN5C.O=S(=O)(O)O. The molecular formula is C35H46N2O10S. The number of carbonyl (C=O) groups is 2. The van der Waals surface area contributed by atoms with E-state index in [1.165, 1.54) is 12.8 Å². The third-order valence-electron chi connectivity index (χ3n) is 11.7. The van der Waals surface area contributed by atoms with Gasteiger partial charge < -0.3 is 29.1 Å². The summed E-state index contributed by atoms with van der Waals surface area (Å²) in [6.07, 6.45) is 14.4. The molecule has 262 valence electrons. The third kappa shape index (κ3) is 6.48. The van der Waals surface area contributed by atoms with Crippen LogP contribution in [-0.2, 0) is 34.2 Å². The van der Waals surface area contributed by atoms with Crippen LogP contribution in [0.5, 0.6) is 0 Å². The lowest BCUT2D eigenvalue weighted by molar-refractivity contribution is -0.155. The Hall–Kier alpha value is -3.07. The molecule has 7 aliphatic rings. The maximum absolute atomic E-state index is 12.6. The molecule has 1 aromatic carbocycles. The number of nitrogens with zero attached hydrogens (tertiary/aromatic N) is 2. The number of allylic oxidation sites excluding steroid dienone is 3. The Labute approximate surface area is 282 Å². The number of ether oxygens (including phenoxy) is 3. The summed E-state index contributed by atoms with van der Waals surface area (Å²) in [5.41, 5.74) is 0.761. The Morgan fingerprint density at radius 2 is 1.73 bits per heavy atom. The molecule has 12 nitrogen and oxygen atoms in total. The van der Waals surface area contributed by atoms with Crippen molar-refractivity contribution in [1.29, 1.82) is 0 Å². The van der Waals surface area contributed by atoms with Crippen LogP contribution >= 0.6 is 0 Å². The number of benzene rings is 1. The number of aliphatic hydroxyl groups is 1. The predicted octanol–water partition coefficient (Wildman–Crippen LogP) is 3.17. The highest BCUT2D eigenvalue weighted by molar-refractivity contribution is 7.79. The van der Waals surface area contributed by atoms with Gasteiger partial charge in [-0.3, -0.25) is 18.7 Å². The number of carbonyl (C=O) groups excluding carboxylic acids is 2. The Morgan fingerprint density at radius 3 is 2.35 bits per heavy atom. The average Bonchev–Trinajstić information content (AvgIpc) is 3.48. The lowest BCUT2D eigenvalue weighted by Gasteiger charge is -2.59. The molecular weight excluding hydrogens is 640 g/mol. The van der Waals surface area contributed by atoms with Crippen molar-refractivity contribution in [3.8, 4) is 0 Å². The Bertz CT molecular complexity index is 1560. The van der Waals surface area contributed by atoms with Crippen molar-refractivity contribution in [3.63, 3.8) is 0 Å².